The normalized spacial score (nSPS) is 24.4. The van der Waals surface area contributed by atoms with Crippen LogP contribution in [0.5, 0.6) is 0 Å². The van der Waals surface area contributed by atoms with Crippen LogP contribution in [0.25, 0.3) is 0 Å². The zero-order chi connectivity index (χ0) is 11.6. The Morgan fingerprint density at radius 2 is 2.44 bits per heavy atom. The first-order valence-electron chi connectivity index (χ1n) is 5.12. The average Bonchev–Trinajstić information content (AvgIpc) is 2.65. The SMILES string of the molecule is CC1(NC(=O)c2cccc(Cl)n2)CCOC1. The predicted molar refractivity (Wildman–Crippen MR) is 60.6 cm³/mol. The van der Waals surface area contributed by atoms with E-state index < -0.39 is 0 Å². The molecule has 1 amide bonds. The highest BCUT2D eigenvalue weighted by Gasteiger charge is 2.31. The van der Waals surface area contributed by atoms with Crippen molar-refractivity contribution < 1.29 is 9.53 Å². The summed E-state index contributed by atoms with van der Waals surface area (Å²) in [4.78, 5) is 15.8. The first kappa shape index (κ1) is 11.4. The van der Waals surface area contributed by atoms with Crippen LogP contribution in [-0.2, 0) is 4.74 Å². The van der Waals surface area contributed by atoms with Crippen LogP contribution in [0.15, 0.2) is 18.2 Å². The molecule has 2 heterocycles. The Kier molecular flexibility index (Phi) is 3.12. The van der Waals surface area contributed by atoms with E-state index in [0.717, 1.165) is 6.42 Å². The Balaban J connectivity index is 2.08. The molecular weight excluding hydrogens is 228 g/mol. The van der Waals surface area contributed by atoms with Crippen molar-refractivity contribution in [2.75, 3.05) is 13.2 Å². The minimum absolute atomic E-state index is 0.212. The maximum atomic E-state index is 11.9. The topological polar surface area (TPSA) is 51.2 Å². The second-order valence-electron chi connectivity index (χ2n) is 4.16. The van der Waals surface area contributed by atoms with Gasteiger partial charge in [-0.2, -0.15) is 0 Å². The number of ether oxygens (including phenoxy) is 1. The van der Waals surface area contributed by atoms with Crippen molar-refractivity contribution in [1.82, 2.24) is 10.3 Å². The molecule has 0 radical (unpaired) electrons. The quantitative estimate of drug-likeness (QED) is 0.800. The zero-order valence-corrected chi connectivity index (χ0v) is 9.75. The maximum absolute atomic E-state index is 11.9. The van der Waals surface area contributed by atoms with Crippen molar-refractivity contribution in [3.05, 3.63) is 29.0 Å². The molecule has 1 fully saturated rings. The molecule has 0 spiro atoms. The third kappa shape index (κ3) is 2.51. The molecule has 0 bridgehead atoms. The molecule has 86 valence electrons. The molecule has 1 aliphatic heterocycles. The van der Waals surface area contributed by atoms with E-state index in [1.165, 1.54) is 0 Å². The van der Waals surface area contributed by atoms with Crippen LogP contribution in [0.2, 0.25) is 5.15 Å². The maximum Gasteiger partial charge on any atom is 0.270 e. The molecule has 0 aliphatic carbocycles. The van der Waals surface area contributed by atoms with Crippen molar-refractivity contribution in [3.63, 3.8) is 0 Å². The summed E-state index contributed by atoms with van der Waals surface area (Å²) in [6, 6.07) is 4.98. The molecule has 4 nitrogen and oxygen atoms in total. The highest BCUT2D eigenvalue weighted by Crippen LogP contribution is 2.18. The number of aromatic nitrogens is 1. The minimum atomic E-state index is -0.291. The number of pyridine rings is 1. The Morgan fingerprint density at radius 1 is 1.62 bits per heavy atom. The fourth-order valence-corrected chi connectivity index (χ4v) is 1.80. The lowest BCUT2D eigenvalue weighted by Crippen LogP contribution is -2.46. The van der Waals surface area contributed by atoms with E-state index in [1.807, 2.05) is 6.92 Å². The summed E-state index contributed by atoms with van der Waals surface area (Å²) in [6.45, 7) is 3.18. The zero-order valence-electron chi connectivity index (χ0n) is 9.00. The lowest BCUT2D eigenvalue weighted by Gasteiger charge is -2.23. The average molecular weight is 241 g/mol. The number of rotatable bonds is 2. The second-order valence-corrected chi connectivity index (χ2v) is 4.55. The predicted octanol–water partition coefficient (Wildman–Crippen LogP) is 1.64. The monoisotopic (exact) mass is 240 g/mol. The number of hydrogen-bond donors (Lipinski definition) is 1. The summed E-state index contributed by atoms with van der Waals surface area (Å²) in [7, 11) is 0. The van der Waals surface area contributed by atoms with Gasteiger partial charge in [0, 0.05) is 6.61 Å². The molecule has 2 rings (SSSR count). The van der Waals surface area contributed by atoms with Gasteiger partial charge in [-0.3, -0.25) is 4.79 Å². The third-order valence-electron chi connectivity index (χ3n) is 2.58. The summed E-state index contributed by atoms with van der Waals surface area (Å²) < 4.78 is 5.26. The minimum Gasteiger partial charge on any atom is -0.379 e. The molecule has 1 saturated heterocycles. The van der Waals surface area contributed by atoms with Crippen molar-refractivity contribution in [1.29, 1.82) is 0 Å². The smallest absolute Gasteiger partial charge is 0.270 e. The number of halogens is 1. The third-order valence-corrected chi connectivity index (χ3v) is 2.79. The second kappa shape index (κ2) is 4.39. The Labute approximate surface area is 99.0 Å². The Hall–Kier alpha value is -1.13. The van der Waals surface area contributed by atoms with Crippen LogP contribution < -0.4 is 5.32 Å². The van der Waals surface area contributed by atoms with Gasteiger partial charge in [0.1, 0.15) is 10.8 Å². The van der Waals surface area contributed by atoms with Gasteiger partial charge in [0.15, 0.2) is 0 Å². The molecule has 16 heavy (non-hydrogen) atoms. The number of hydrogen-bond acceptors (Lipinski definition) is 3. The Morgan fingerprint density at radius 3 is 3.06 bits per heavy atom. The van der Waals surface area contributed by atoms with Crippen molar-refractivity contribution in [3.8, 4) is 0 Å². The Bertz CT molecular complexity index is 403. The summed E-state index contributed by atoms with van der Waals surface area (Å²) in [5.74, 6) is -0.212. The van der Waals surface area contributed by atoms with E-state index in [0.29, 0.717) is 24.1 Å². The number of carbonyl (C=O) groups is 1. The summed E-state index contributed by atoms with van der Waals surface area (Å²) >= 11 is 5.72. The fourth-order valence-electron chi connectivity index (χ4n) is 1.64. The van der Waals surface area contributed by atoms with Crippen molar-refractivity contribution in [2.24, 2.45) is 0 Å². The van der Waals surface area contributed by atoms with Crippen LogP contribution in [0.3, 0.4) is 0 Å². The lowest BCUT2D eigenvalue weighted by molar-refractivity contribution is 0.0885. The van der Waals surface area contributed by atoms with E-state index in [4.69, 9.17) is 16.3 Å². The van der Waals surface area contributed by atoms with Gasteiger partial charge < -0.3 is 10.1 Å². The summed E-state index contributed by atoms with van der Waals surface area (Å²) in [5, 5.41) is 3.23. The molecular formula is C11H13ClN2O2. The van der Waals surface area contributed by atoms with Gasteiger partial charge >= 0.3 is 0 Å². The van der Waals surface area contributed by atoms with E-state index in [-0.39, 0.29) is 11.4 Å². The summed E-state index contributed by atoms with van der Waals surface area (Å²) in [6.07, 6.45) is 0.819. The largest absolute Gasteiger partial charge is 0.379 e. The highest BCUT2D eigenvalue weighted by atomic mass is 35.5. The molecule has 0 saturated carbocycles. The molecule has 1 unspecified atom stereocenters. The molecule has 0 aromatic carbocycles. The fraction of sp³-hybridized carbons (Fsp3) is 0.455. The number of nitrogens with zero attached hydrogens (tertiary/aromatic N) is 1. The van der Waals surface area contributed by atoms with E-state index >= 15 is 0 Å². The van der Waals surface area contributed by atoms with Crippen LogP contribution in [-0.4, -0.2) is 29.6 Å². The van der Waals surface area contributed by atoms with Crippen LogP contribution in [0, 0.1) is 0 Å². The van der Waals surface area contributed by atoms with Gasteiger partial charge in [-0.15, -0.1) is 0 Å². The van der Waals surface area contributed by atoms with Gasteiger partial charge in [-0.05, 0) is 25.5 Å². The number of nitrogens with one attached hydrogen (secondary N) is 1. The van der Waals surface area contributed by atoms with Gasteiger partial charge in [-0.25, -0.2) is 4.98 Å². The van der Waals surface area contributed by atoms with Gasteiger partial charge in [-0.1, -0.05) is 17.7 Å². The van der Waals surface area contributed by atoms with Crippen molar-refractivity contribution >= 4 is 17.5 Å². The molecule has 1 atom stereocenters. The number of amides is 1. The van der Waals surface area contributed by atoms with Gasteiger partial charge in [0.2, 0.25) is 0 Å². The standard InChI is InChI=1S/C11H13ClN2O2/c1-11(5-6-16-7-11)14-10(15)8-3-2-4-9(12)13-8/h2-4H,5-7H2,1H3,(H,14,15). The molecule has 5 heteroatoms. The summed E-state index contributed by atoms with van der Waals surface area (Å²) in [5.41, 5.74) is 0.0433. The molecule has 1 aromatic rings. The van der Waals surface area contributed by atoms with Gasteiger partial charge in [0.05, 0.1) is 12.1 Å². The van der Waals surface area contributed by atoms with Crippen molar-refractivity contribution in [2.45, 2.75) is 18.9 Å². The molecule has 1 aliphatic rings. The van der Waals surface area contributed by atoms with E-state index in [1.54, 1.807) is 18.2 Å². The highest BCUT2D eigenvalue weighted by molar-refractivity contribution is 6.29. The van der Waals surface area contributed by atoms with E-state index in [9.17, 15) is 4.79 Å². The van der Waals surface area contributed by atoms with Crippen LogP contribution in [0.4, 0.5) is 0 Å². The lowest BCUT2D eigenvalue weighted by atomic mass is 10.0. The van der Waals surface area contributed by atoms with E-state index in [2.05, 4.69) is 10.3 Å². The number of carbonyl (C=O) groups excluding carboxylic acids is 1. The van der Waals surface area contributed by atoms with Crippen LogP contribution >= 0.6 is 11.6 Å². The first-order valence-corrected chi connectivity index (χ1v) is 5.50. The van der Waals surface area contributed by atoms with Crippen LogP contribution in [0.1, 0.15) is 23.8 Å². The molecule has 1 N–H and O–H groups in total. The molecule has 1 aromatic heterocycles. The first-order chi connectivity index (χ1) is 7.59. The van der Waals surface area contributed by atoms with Gasteiger partial charge in [0.25, 0.3) is 5.91 Å².